The Kier molecular flexibility index (Phi) is 5.98. The van der Waals surface area contributed by atoms with Crippen molar-refractivity contribution in [2.75, 3.05) is 26.0 Å². The number of anilines is 1. The van der Waals surface area contributed by atoms with Gasteiger partial charge in [0.1, 0.15) is 5.01 Å². The fourth-order valence-corrected chi connectivity index (χ4v) is 2.97. The van der Waals surface area contributed by atoms with E-state index in [0.29, 0.717) is 6.54 Å². The van der Waals surface area contributed by atoms with Crippen molar-refractivity contribution in [1.82, 2.24) is 15.6 Å². The number of benzene rings is 1. The van der Waals surface area contributed by atoms with Gasteiger partial charge >= 0.3 is 0 Å². The monoisotopic (exact) mass is 331 g/mol. The highest BCUT2D eigenvalue weighted by Crippen LogP contribution is 2.16. The molecule has 0 unspecified atom stereocenters. The van der Waals surface area contributed by atoms with Gasteiger partial charge in [-0.3, -0.25) is 4.99 Å². The van der Waals surface area contributed by atoms with E-state index in [1.54, 1.807) is 18.4 Å². The maximum absolute atomic E-state index is 4.53. The Morgan fingerprint density at radius 2 is 1.78 bits per heavy atom. The third-order valence-electron chi connectivity index (χ3n) is 3.62. The van der Waals surface area contributed by atoms with Gasteiger partial charge in [-0.05, 0) is 31.5 Å². The second kappa shape index (κ2) is 7.97. The summed E-state index contributed by atoms with van der Waals surface area (Å²) in [6, 6.07) is 8.50. The molecule has 0 spiro atoms. The van der Waals surface area contributed by atoms with Gasteiger partial charge < -0.3 is 15.5 Å². The minimum Gasteiger partial charge on any atom is -0.378 e. The van der Waals surface area contributed by atoms with Crippen LogP contribution in [-0.4, -0.2) is 32.1 Å². The molecule has 0 aliphatic rings. The highest BCUT2D eigenvalue weighted by atomic mass is 32.1. The van der Waals surface area contributed by atoms with Gasteiger partial charge in [-0.25, -0.2) is 4.98 Å². The second-order valence-electron chi connectivity index (χ2n) is 5.59. The van der Waals surface area contributed by atoms with E-state index in [2.05, 4.69) is 56.7 Å². The number of hydrogen-bond donors (Lipinski definition) is 2. The van der Waals surface area contributed by atoms with Gasteiger partial charge in [0.05, 0.1) is 12.2 Å². The Balaban J connectivity index is 1.85. The Morgan fingerprint density at radius 3 is 2.30 bits per heavy atom. The number of nitrogens with one attached hydrogen (secondary N) is 2. The van der Waals surface area contributed by atoms with Gasteiger partial charge in [0.15, 0.2) is 5.96 Å². The topological polar surface area (TPSA) is 52.6 Å². The fraction of sp³-hybridized carbons (Fsp3) is 0.412. The molecule has 0 radical (unpaired) electrons. The van der Waals surface area contributed by atoms with E-state index < -0.39 is 0 Å². The quantitative estimate of drug-likeness (QED) is 0.653. The number of nitrogens with zero attached hydrogens (tertiary/aromatic N) is 3. The zero-order valence-corrected chi connectivity index (χ0v) is 15.3. The van der Waals surface area contributed by atoms with E-state index in [-0.39, 0.29) is 0 Å². The average molecular weight is 331 g/mol. The highest BCUT2D eigenvalue weighted by Gasteiger charge is 2.05. The molecule has 5 nitrogen and oxygen atoms in total. The van der Waals surface area contributed by atoms with Gasteiger partial charge in [0.25, 0.3) is 0 Å². The van der Waals surface area contributed by atoms with Crippen molar-refractivity contribution in [3.8, 4) is 0 Å². The lowest BCUT2D eigenvalue weighted by Gasteiger charge is -2.14. The summed E-state index contributed by atoms with van der Waals surface area (Å²) in [5.41, 5.74) is 3.53. The molecule has 0 atom stereocenters. The number of thiazole rings is 1. The summed E-state index contributed by atoms with van der Waals surface area (Å²) >= 11 is 1.72. The van der Waals surface area contributed by atoms with E-state index >= 15 is 0 Å². The summed E-state index contributed by atoms with van der Waals surface area (Å²) in [5.74, 6) is 0.784. The van der Waals surface area contributed by atoms with Crippen LogP contribution in [0.5, 0.6) is 0 Å². The highest BCUT2D eigenvalue weighted by molar-refractivity contribution is 7.11. The lowest BCUT2D eigenvalue weighted by Crippen LogP contribution is -2.36. The molecule has 2 aromatic rings. The van der Waals surface area contributed by atoms with Crippen molar-refractivity contribution >= 4 is 23.0 Å². The number of aryl methyl sites for hydroxylation is 2. The molecule has 1 aromatic carbocycles. The van der Waals surface area contributed by atoms with Crippen LogP contribution < -0.4 is 15.5 Å². The van der Waals surface area contributed by atoms with E-state index in [4.69, 9.17) is 0 Å². The standard InChI is InChI=1S/C17H25N5S/c1-12-13(2)23-16(21-12)11-20-17(18-3)19-10-14-6-8-15(9-7-14)22(4)5/h6-9H,10-11H2,1-5H3,(H2,18,19,20). The predicted molar refractivity (Wildman–Crippen MR) is 99.4 cm³/mol. The Morgan fingerprint density at radius 1 is 1.13 bits per heavy atom. The molecule has 0 fully saturated rings. The molecular weight excluding hydrogens is 306 g/mol. The van der Waals surface area contributed by atoms with E-state index in [0.717, 1.165) is 23.2 Å². The maximum Gasteiger partial charge on any atom is 0.191 e. The molecule has 2 N–H and O–H groups in total. The lowest BCUT2D eigenvalue weighted by atomic mass is 10.2. The van der Waals surface area contributed by atoms with Gasteiger partial charge in [0.2, 0.25) is 0 Å². The van der Waals surface area contributed by atoms with Gasteiger partial charge in [-0.1, -0.05) is 12.1 Å². The van der Waals surface area contributed by atoms with Crippen LogP contribution in [0, 0.1) is 13.8 Å². The van der Waals surface area contributed by atoms with Crippen molar-refractivity contribution in [1.29, 1.82) is 0 Å². The number of aromatic nitrogens is 1. The van der Waals surface area contributed by atoms with Crippen LogP contribution in [0.3, 0.4) is 0 Å². The number of rotatable bonds is 5. The molecule has 6 heteroatoms. The summed E-state index contributed by atoms with van der Waals surface area (Å²) in [6.45, 7) is 5.57. The van der Waals surface area contributed by atoms with E-state index in [1.165, 1.54) is 16.1 Å². The predicted octanol–water partition coefficient (Wildman–Crippen LogP) is 2.69. The molecule has 0 saturated heterocycles. The summed E-state index contributed by atoms with van der Waals surface area (Å²) in [4.78, 5) is 12.1. The first-order chi connectivity index (χ1) is 11.0. The number of hydrogen-bond acceptors (Lipinski definition) is 4. The molecular formula is C17H25N5S. The van der Waals surface area contributed by atoms with Crippen LogP contribution in [0.15, 0.2) is 29.3 Å². The minimum atomic E-state index is 0.693. The van der Waals surface area contributed by atoms with E-state index in [9.17, 15) is 0 Å². The van der Waals surface area contributed by atoms with Crippen molar-refractivity contribution in [2.24, 2.45) is 4.99 Å². The third-order valence-corrected chi connectivity index (χ3v) is 4.69. The number of aliphatic imine (C=N–C) groups is 1. The van der Waals surface area contributed by atoms with Crippen LogP contribution in [0.2, 0.25) is 0 Å². The maximum atomic E-state index is 4.53. The molecule has 0 bridgehead atoms. The molecule has 0 aliphatic heterocycles. The van der Waals surface area contributed by atoms with Gasteiger partial charge in [-0.2, -0.15) is 0 Å². The normalized spacial score (nSPS) is 11.4. The molecule has 2 rings (SSSR count). The summed E-state index contributed by atoms with van der Waals surface area (Å²) in [7, 11) is 5.87. The van der Waals surface area contributed by atoms with Gasteiger partial charge in [-0.15, -0.1) is 11.3 Å². The molecule has 1 heterocycles. The van der Waals surface area contributed by atoms with Crippen molar-refractivity contribution in [3.63, 3.8) is 0 Å². The average Bonchev–Trinajstić information content (AvgIpc) is 2.86. The SMILES string of the molecule is CN=C(NCc1ccc(N(C)C)cc1)NCc1nc(C)c(C)s1. The van der Waals surface area contributed by atoms with Crippen LogP contribution in [0.4, 0.5) is 5.69 Å². The fourth-order valence-electron chi connectivity index (χ4n) is 2.09. The first-order valence-electron chi connectivity index (χ1n) is 7.63. The minimum absolute atomic E-state index is 0.693. The van der Waals surface area contributed by atoms with Crippen LogP contribution in [0.1, 0.15) is 21.1 Å². The van der Waals surface area contributed by atoms with E-state index in [1.807, 2.05) is 21.0 Å². The molecule has 1 aromatic heterocycles. The summed E-state index contributed by atoms with van der Waals surface area (Å²) in [5, 5.41) is 7.71. The van der Waals surface area contributed by atoms with Gasteiger partial charge in [0, 0.05) is 38.3 Å². The van der Waals surface area contributed by atoms with Crippen molar-refractivity contribution in [3.05, 3.63) is 45.4 Å². The Labute approximate surface area is 142 Å². The second-order valence-corrected chi connectivity index (χ2v) is 6.88. The zero-order valence-electron chi connectivity index (χ0n) is 14.5. The third kappa shape index (κ3) is 4.96. The number of guanidine groups is 1. The van der Waals surface area contributed by atoms with Crippen LogP contribution in [-0.2, 0) is 13.1 Å². The molecule has 124 valence electrons. The zero-order chi connectivity index (χ0) is 16.8. The largest absolute Gasteiger partial charge is 0.378 e. The van der Waals surface area contributed by atoms with Crippen molar-refractivity contribution in [2.45, 2.75) is 26.9 Å². The van der Waals surface area contributed by atoms with Crippen molar-refractivity contribution < 1.29 is 0 Å². The lowest BCUT2D eigenvalue weighted by molar-refractivity contribution is 0.803. The summed E-state index contributed by atoms with van der Waals surface area (Å²) < 4.78 is 0. The Hall–Kier alpha value is -2.08. The first-order valence-corrected chi connectivity index (χ1v) is 8.45. The molecule has 0 saturated carbocycles. The molecule has 0 amide bonds. The summed E-state index contributed by atoms with van der Waals surface area (Å²) in [6.07, 6.45) is 0. The van der Waals surface area contributed by atoms with Crippen LogP contribution >= 0.6 is 11.3 Å². The van der Waals surface area contributed by atoms with Crippen LogP contribution in [0.25, 0.3) is 0 Å². The molecule has 23 heavy (non-hydrogen) atoms. The first kappa shape index (κ1) is 17.3. The Bertz CT molecular complexity index is 639. The smallest absolute Gasteiger partial charge is 0.191 e. The molecule has 0 aliphatic carbocycles.